The minimum atomic E-state index is -0.596. The summed E-state index contributed by atoms with van der Waals surface area (Å²) in [6.07, 6.45) is 7.89. The Morgan fingerprint density at radius 2 is 2.00 bits per heavy atom. The van der Waals surface area contributed by atoms with Crippen LogP contribution in [0.25, 0.3) is 0 Å². The van der Waals surface area contributed by atoms with E-state index in [0.29, 0.717) is 11.7 Å². The molecule has 6 rings (SSSR count). The van der Waals surface area contributed by atoms with Gasteiger partial charge in [0.25, 0.3) is 0 Å². The van der Waals surface area contributed by atoms with Crippen molar-refractivity contribution in [1.82, 2.24) is 0 Å². The molecule has 1 aromatic carbocycles. The van der Waals surface area contributed by atoms with Gasteiger partial charge in [0, 0.05) is 24.0 Å². The molecule has 1 spiro atoms. The van der Waals surface area contributed by atoms with Crippen LogP contribution in [0.3, 0.4) is 0 Å². The number of hydrogen-bond donors (Lipinski definition) is 2. The van der Waals surface area contributed by atoms with Gasteiger partial charge < -0.3 is 19.7 Å². The van der Waals surface area contributed by atoms with Gasteiger partial charge in [-0.05, 0) is 80.8 Å². The zero-order valence-electron chi connectivity index (χ0n) is 18.8. The summed E-state index contributed by atoms with van der Waals surface area (Å²) < 4.78 is 12.9. The van der Waals surface area contributed by atoms with E-state index in [1.54, 1.807) is 7.11 Å². The first kappa shape index (κ1) is 19.4. The van der Waals surface area contributed by atoms with Crippen LogP contribution in [0.4, 0.5) is 0 Å². The van der Waals surface area contributed by atoms with Gasteiger partial charge in [0.2, 0.25) is 0 Å². The number of aromatic hydroxyl groups is 1. The molecule has 0 radical (unpaired) electrons. The molecule has 0 amide bonds. The van der Waals surface area contributed by atoms with Gasteiger partial charge in [0.15, 0.2) is 11.5 Å². The van der Waals surface area contributed by atoms with Crippen molar-refractivity contribution in [2.75, 3.05) is 7.11 Å². The summed E-state index contributed by atoms with van der Waals surface area (Å²) in [4.78, 5) is 0. The molecule has 30 heavy (non-hydrogen) atoms. The predicted molar refractivity (Wildman–Crippen MR) is 115 cm³/mol. The molecule has 0 aromatic heterocycles. The van der Waals surface area contributed by atoms with Gasteiger partial charge in [0.1, 0.15) is 11.7 Å². The summed E-state index contributed by atoms with van der Waals surface area (Å²) in [5, 5.41) is 21.6. The summed E-state index contributed by atoms with van der Waals surface area (Å²) in [6.45, 7) is 6.53. The van der Waals surface area contributed by atoms with Crippen LogP contribution in [0.2, 0.25) is 0 Å². The number of phenolic OH excluding ortho intramolecular Hbond substituents is 1. The summed E-state index contributed by atoms with van der Waals surface area (Å²) in [5.74, 6) is 3.24. The smallest absolute Gasteiger partial charge is 0.165 e. The van der Waals surface area contributed by atoms with Gasteiger partial charge in [0.05, 0.1) is 6.10 Å². The number of benzene rings is 1. The molecule has 4 nitrogen and oxygen atoms in total. The second-order valence-electron chi connectivity index (χ2n) is 11.6. The molecule has 0 saturated heterocycles. The molecule has 164 valence electrons. The van der Waals surface area contributed by atoms with Gasteiger partial charge in [-0.25, -0.2) is 0 Å². The molecule has 2 bridgehead atoms. The monoisotopic (exact) mass is 412 g/mol. The van der Waals surface area contributed by atoms with Crippen LogP contribution >= 0.6 is 0 Å². The van der Waals surface area contributed by atoms with E-state index in [4.69, 9.17) is 9.47 Å². The molecule has 3 fully saturated rings. The van der Waals surface area contributed by atoms with Gasteiger partial charge in [-0.15, -0.1) is 0 Å². The van der Waals surface area contributed by atoms with E-state index in [1.165, 1.54) is 36.8 Å². The normalized spacial score (nSPS) is 46.8. The number of ether oxygens (including phenoxy) is 2. The number of hydrogen-bond acceptors (Lipinski definition) is 4. The molecule has 1 aliphatic heterocycles. The second kappa shape index (κ2) is 5.95. The van der Waals surface area contributed by atoms with E-state index in [1.807, 2.05) is 13.0 Å². The molecule has 4 aliphatic carbocycles. The Balaban J connectivity index is 1.59. The van der Waals surface area contributed by atoms with Crippen molar-refractivity contribution in [2.24, 2.45) is 29.1 Å². The summed E-state index contributed by atoms with van der Waals surface area (Å²) in [7, 11) is 1.76. The Morgan fingerprint density at radius 3 is 2.67 bits per heavy atom. The number of rotatable bonds is 4. The molecule has 3 saturated carbocycles. The van der Waals surface area contributed by atoms with Gasteiger partial charge >= 0.3 is 0 Å². The summed E-state index contributed by atoms with van der Waals surface area (Å²) in [5.41, 5.74) is 1.95. The lowest BCUT2D eigenvalue weighted by Gasteiger charge is -2.68. The van der Waals surface area contributed by atoms with Crippen molar-refractivity contribution >= 4 is 0 Å². The molecule has 1 aromatic rings. The Kier molecular flexibility index (Phi) is 3.85. The lowest BCUT2D eigenvalue weighted by Crippen LogP contribution is -2.73. The molecular weight excluding hydrogens is 376 g/mol. The standard InChI is InChI=1S/C26H36O4/c1-14(27)19-13-24(2)18-12-17-7-8-20(28)22-21(17)26(24,23(30-22)25(19,3)29-4)10-9-16(18)11-15-5-6-15/h7-8,14-16,18-19,23,27-28H,5-6,9-13H2,1-4H3/t14-,16+,18+,19-,23+,24-,25-,26+/m1/s1. The van der Waals surface area contributed by atoms with Crippen LogP contribution in [-0.4, -0.2) is 35.1 Å². The number of aliphatic hydroxyl groups excluding tert-OH is 1. The largest absolute Gasteiger partial charge is 0.504 e. The van der Waals surface area contributed by atoms with Crippen molar-refractivity contribution in [3.8, 4) is 11.5 Å². The van der Waals surface area contributed by atoms with E-state index < -0.39 is 11.7 Å². The Labute approximate surface area is 180 Å². The van der Waals surface area contributed by atoms with E-state index in [-0.39, 0.29) is 28.6 Å². The molecular formula is C26H36O4. The Bertz CT molecular complexity index is 891. The molecule has 0 unspecified atom stereocenters. The Morgan fingerprint density at radius 1 is 1.23 bits per heavy atom. The highest BCUT2D eigenvalue weighted by molar-refractivity contribution is 5.62. The second-order valence-corrected chi connectivity index (χ2v) is 11.6. The van der Waals surface area contributed by atoms with E-state index >= 15 is 0 Å². The topological polar surface area (TPSA) is 58.9 Å². The van der Waals surface area contributed by atoms with Crippen molar-refractivity contribution in [3.05, 3.63) is 23.3 Å². The van der Waals surface area contributed by atoms with Crippen LogP contribution in [0.1, 0.15) is 70.4 Å². The SMILES string of the molecule is CO[C@]1(C)[C@@H]([C@@H](C)O)C[C@]2(C)[C@H]3Cc4ccc(O)c5c4[C@@]2(CC[C@H]3CC2CC2)[C@H]1O5. The summed E-state index contributed by atoms with van der Waals surface area (Å²) >= 11 is 0. The minimum absolute atomic E-state index is 0.00538. The molecule has 5 aliphatic rings. The van der Waals surface area contributed by atoms with Crippen LogP contribution in [0.15, 0.2) is 12.1 Å². The van der Waals surface area contributed by atoms with Crippen LogP contribution in [0, 0.1) is 29.1 Å². The van der Waals surface area contributed by atoms with E-state index in [9.17, 15) is 10.2 Å². The molecule has 8 atom stereocenters. The third-order valence-corrected chi connectivity index (χ3v) is 10.4. The first-order chi connectivity index (χ1) is 14.3. The third kappa shape index (κ3) is 2.11. The first-order valence-corrected chi connectivity index (χ1v) is 12.0. The fourth-order valence-electron chi connectivity index (χ4n) is 8.73. The lowest BCUT2D eigenvalue weighted by atomic mass is 9.36. The average Bonchev–Trinajstić information content (AvgIpc) is 3.44. The highest BCUT2D eigenvalue weighted by Gasteiger charge is 2.76. The number of aliphatic hydroxyl groups is 1. The van der Waals surface area contributed by atoms with Gasteiger partial charge in [-0.1, -0.05) is 25.8 Å². The third-order valence-electron chi connectivity index (χ3n) is 10.4. The number of methoxy groups -OCH3 is 1. The highest BCUT2D eigenvalue weighted by atomic mass is 16.6. The maximum Gasteiger partial charge on any atom is 0.165 e. The van der Waals surface area contributed by atoms with Gasteiger partial charge in [-0.3, -0.25) is 0 Å². The maximum absolute atomic E-state index is 10.9. The van der Waals surface area contributed by atoms with Crippen LogP contribution in [-0.2, 0) is 16.6 Å². The van der Waals surface area contributed by atoms with Gasteiger partial charge in [-0.2, -0.15) is 0 Å². The molecule has 1 heterocycles. The fraction of sp³-hybridized carbons (Fsp3) is 0.769. The van der Waals surface area contributed by atoms with Crippen LogP contribution < -0.4 is 4.74 Å². The van der Waals surface area contributed by atoms with Crippen LogP contribution in [0.5, 0.6) is 11.5 Å². The summed E-state index contributed by atoms with van der Waals surface area (Å²) in [6, 6.07) is 3.98. The van der Waals surface area contributed by atoms with E-state index in [2.05, 4.69) is 19.9 Å². The fourth-order valence-corrected chi connectivity index (χ4v) is 8.73. The zero-order chi connectivity index (χ0) is 21.1. The van der Waals surface area contributed by atoms with Crippen molar-refractivity contribution in [1.29, 1.82) is 0 Å². The maximum atomic E-state index is 10.9. The average molecular weight is 413 g/mol. The highest BCUT2D eigenvalue weighted by Crippen LogP contribution is 2.75. The quantitative estimate of drug-likeness (QED) is 0.760. The van der Waals surface area contributed by atoms with Crippen molar-refractivity contribution in [3.63, 3.8) is 0 Å². The molecule has 4 heteroatoms. The first-order valence-electron chi connectivity index (χ1n) is 12.0. The zero-order valence-corrected chi connectivity index (χ0v) is 18.8. The van der Waals surface area contributed by atoms with E-state index in [0.717, 1.165) is 31.1 Å². The lowest BCUT2D eigenvalue weighted by molar-refractivity contribution is -0.240. The minimum Gasteiger partial charge on any atom is -0.504 e. The number of phenols is 1. The van der Waals surface area contributed by atoms with Crippen molar-refractivity contribution < 1.29 is 19.7 Å². The predicted octanol–water partition coefficient (Wildman–Crippen LogP) is 4.59. The Hall–Kier alpha value is -1.26. The molecule has 2 N–H and O–H groups in total. The van der Waals surface area contributed by atoms with Crippen molar-refractivity contribution in [2.45, 2.75) is 88.9 Å².